The van der Waals surface area contributed by atoms with E-state index in [0.717, 1.165) is 39.8 Å². The minimum Gasteiger partial charge on any atom is -0.310 e. The summed E-state index contributed by atoms with van der Waals surface area (Å²) in [6.07, 6.45) is 0. The Hall–Kier alpha value is -6.06. The largest absolute Gasteiger partial charge is 0.310 e. The van der Waals surface area contributed by atoms with Crippen LogP contribution in [-0.2, 0) is 0 Å². The molecule has 3 heteroatoms. The van der Waals surface area contributed by atoms with Gasteiger partial charge in [-0.15, -0.1) is 0 Å². The molecule has 0 saturated heterocycles. The van der Waals surface area contributed by atoms with Crippen LogP contribution in [0.3, 0.4) is 0 Å². The highest BCUT2D eigenvalue weighted by molar-refractivity contribution is 6.11. The lowest BCUT2D eigenvalue weighted by molar-refractivity contribution is 1.17. The van der Waals surface area contributed by atoms with Crippen molar-refractivity contribution in [1.82, 2.24) is 4.57 Å². The van der Waals surface area contributed by atoms with Gasteiger partial charge in [-0.1, -0.05) is 89.5 Å². The number of anilines is 6. The van der Waals surface area contributed by atoms with E-state index in [1.54, 1.807) is 0 Å². The van der Waals surface area contributed by atoms with Crippen LogP contribution in [0.5, 0.6) is 0 Å². The molecule has 0 bridgehead atoms. The summed E-state index contributed by atoms with van der Waals surface area (Å²) in [5.74, 6) is 0. The lowest BCUT2D eigenvalue weighted by Crippen LogP contribution is -2.10. The van der Waals surface area contributed by atoms with Gasteiger partial charge >= 0.3 is 0 Å². The summed E-state index contributed by atoms with van der Waals surface area (Å²) < 4.78 is 2.43. The Morgan fingerprint density at radius 3 is 1.08 bits per heavy atom. The van der Waals surface area contributed by atoms with E-state index in [0.29, 0.717) is 0 Å². The van der Waals surface area contributed by atoms with Crippen LogP contribution in [0.2, 0.25) is 0 Å². The van der Waals surface area contributed by atoms with Crippen molar-refractivity contribution in [3.05, 3.63) is 186 Å². The first-order valence-corrected chi connectivity index (χ1v) is 17.3. The molecule has 0 unspecified atom stereocenters. The average Bonchev–Trinajstić information content (AvgIpc) is 3.44. The van der Waals surface area contributed by atoms with E-state index in [4.69, 9.17) is 0 Å². The van der Waals surface area contributed by atoms with Gasteiger partial charge in [-0.2, -0.15) is 0 Å². The first kappa shape index (κ1) is 31.2. The Morgan fingerprint density at radius 2 is 0.680 bits per heavy atom. The molecule has 0 aliphatic heterocycles. The highest BCUT2D eigenvalue weighted by atomic mass is 15.2. The molecule has 50 heavy (non-hydrogen) atoms. The zero-order valence-corrected chi connectivity index (χ0v) is 29.4. The van der Waals surface area contributed by atoms with Gasteiger partial charge in [0.2, 0.25) is 0 Å². The van der Waals surface area contributed by atoms with Gasteiger partial charge in [-0.05, 0) is 131 Å². The van der Waals surface area contributed by atoms with Crippen molar-refractivity contribution < 1.29 is 0 Å². The van der Waals surface area contributed by atoms with Gasteiger partial charge in [0.25, 0.3) is 0 Å². The standard InChI is InChI=1S/C47H41N3/c1-32-12-18-37(19-13-32)48(40-10-6-8-35(4)28-40)42-24-26-44-45-27-25-43(31-47(45)50(46(44)30-42)39-22-16-34(3)17-23-39)49(38-20-14-33(2)15-21-38)41-11-7-9-36(5)29-41/h6-31H,1-5H3. The van der Waals surface area contributed by atoms with Crippen molar-refractivity contribution in [2.24, 2.45) is 0 Å². The quantitative estimate of drug-likeness (QED) is 0.171. The predicted octanol–water partition coefficient (Wildman–Crippen LogP) is 13.3. The minimum absolute atomic E-state index is 1.12. The van der Waals surface area contributed by atoms with Crippen molar-refractivity contribution >= 4 is 55.9 Å². The molecule has 0 N–H and O–H groups in total. The summed E-state index contributed by atoms with van der Waals surface area (Å²) in [6.45, 7) is 10.7. The maximum absolute atomic E-state index is 2.43. The van der Waals surface area contributed by atoms with E-state index in [2.05, 4.69) is 207 Å². The Bertz CT molecular complexity index is 2320. The van der Waals surface area contributed by atoms with E-state index < -0.39 is 0 Å². The van der Waals surface area contributed by atoms with Crippen LogP contribution in [0.1, 0.15) is 27.8 Å². The van der Waals surface area contributed by atoms with Crippen LogP contribution in [0.4, 0.5) is 34.1 Å². The number of aromatic nitrogens is 1. The van der Waals surface area contributed by atoms with Crippen molar-refractivity contribution in [3.63, 3.8) is 0 Å². The third-order valence-corrected chi connectivity index (χ3v) is 9.65. The summed E-state index contributed by atoms with van der Waals surface area (Å²) in [5.41, 5.74) is 16.4. The number of hydrogen-bond acceptors (Lipinski definition) is 2. The molecule has 0 amide bonds. The number of rotatable bonds is 7. The monoisotopic (exact) mass is 647 g/mol. The molecule has 3 nitrogen and oxygen atoms in total. The normalized spacial score (nSPS) is 11.3. The summed E-state index contributed by atoms with van der Waals surface area (Å²) in [5, 5.41) is 2.45. The van der Waals surface area contributed by atoms with Crippen LogP contribution in [0.25, 0.3) is 27.5 Å². The molecule has 0 radical (unpaired) electrons. The smallest absolute Gasteiger partial charge is 0.0561 e. The first-order valence-electron chi connectivity index (χ1n) is 17.3. The fourth-order valence-electron chi connectivity index (χ4n) is 7.06. The predicted molar refractivity (Wildman–Crippen MR) is 214 cm³/mol. The highest BCUT2D eigenvalue weighted by Gasteiger charge is 2.20. The number of nitrogens with zero attached hydrogens (tertiary/aromatic N) is 3. The van der Waals surface area contributed by atoms with E-state index in [-0.39, 0.29) is 0 Å². The molecule has 7 aromatic carbocycles. The van der Waals surface area contributed by atoms with Gasteiger partial charge in [0, 0.05) is 50.6 Å². The van der Waals surface area contributed by atoms with Gasteiger partial charge in [0.05, 0.1) is 11.0 Å². The zero-order valence-electron chi connectivity index (χ0n) is 29.4. The molecule has 1 heterocycles. The SMILES string of the molecule is Cc1ccc(N(c2cccc(C)c2)c2ccc3c4ccc(N(c5ccc(C)cc5)c5cccc(C)c5)cc4n(-c4ccc(C)cc4)c3c2)cc1. The molecule has 0 fully saturated rings. The van der Waals surface area contributed by atoms with E-state index in [9.17, 15) is 0 Å². The Labute approximate surface area is 295 Å². The van der Waals surface area contributed by atoms with Gasteiger partial charge < -0.3 is 14.4 Å². The van der Waals surface area contributed by atoms with Crippen LogP contribution >= 0.6 is 0 Å². The average molecular weight is 648 g/mol. The first-order chi connectivity index (χ1) is 24.3. The van der Waals surface area contributed by atoms with Gasteiger partial charge in [-0.25, -0.2) is 0 Å². The van der Waals surface area contributed by atoms with Crippen molar-refractivity contribution in [2.75, 3.05) is 9.80 Å². The lowest BCUT2D eigenvalue weighted by Gasteiger charge is -2.26. The molecule has 1 aromatic heterocycles. The molecule has 0 saturated carbocycles. The molecule has 0 aliphatic rings. The third-order valence-electron chi connectivity index (χ3n) is 9.65. The minimum atomic E-state index is 1.12. The molecule has 8 rings (SSSR count). The lowest BCUT2D eigenvalue weighted by atomic mass is 10.1. The molecular formula is C47H41N3. The van der Waals surface area contributed by atoms with Crippen LogP contribution in [-0.4, -0.2) is 4.57 Å². The Morgan fingerprint density at radius 1 is 0.320 bits per heavy atom. The van der Waals surface area contributed by atoms with E-state index in [1.165, 1.54) is 49.6 Å². The molecule has 244 valence electrons. The molecule has 0 atom stereocenters. The second-order valence-corrected chi connectivity index (χ2v) is 13.6. The topological polar surface area (TPSA) is 11.4 Å². The maximum atomic E-state index is 2.43. The molecular weight excluding hydrogens is 607 g/mol. The Kier molecular flexibility index (Phi) is 7.97. The Balaban J connectivity index is 1.38. The van der Waals surface area contributed by atoms with Gasteiger partial charge in [0.1, 0.15) is 0 Å². The van der Waals surface area contributed by atoms with Gasteiger partial charge in [-0.3, -0.25) is 0 Å². The maximum Gasteiger partial charge on any atom is 0.0561 e. The van der Waals surface area contributed by atoms with Crippen LogP contribution < -0.4 is 9.80 Å². The molecule has 8 aromatic rings. The van der Waals surface area contributed by atoms with Crippen molar-refractivity contribution in [2.45, 2.75) is 34.6 Å². The van der Waals surface area contributed by atoms with Crippen LogP contribution in [0, 0.1) is 34.6 Å². The highest BCUT2D eigenvalue weighted by Crippen LogP contribution is 2.42. The number of hydrogen-bond donors (Lipinski definition) is 0. The number of aryl methyl sites for hydroxylation is 5. The fraction of sp³-hybridized carbons (Fsp3) is 0.106. The van der Waals surface area contributed by atoms with E-state index in [1.807, 2.05) is 0 Å². The number of fused-ring (bicyclic) bond motifs is 3. The van der Waals surface area contributed by atoms with Crippen LogP contribution in [0.15, 0.2) is 158 Å². The summed E-state index contributed by atoms with van der Waals surface area (Å²) >= 11 is 0. The third kappa shape index (κ3) is 5.82. The summed E-state index contributed by atoms with van der Waals surface area (Å²) in [7, 11) is 0. The van der Waals surface area contributed by atoms with Crippen molar-refractivity contribution in [3.8, 4) is 5.69 Å². The summed E-state index contributed by atoms with van der Waals surface area (Å²) in [4.78, 5) is 4.73. The van der Waals surface area contributed by atoms with Gasteiger partial charge in [0.15, 0.2) is 0 Å². The molecule has 0 spiro atoms. The van der Waals surface area contributed by atoms with Crippen molar-refractivity contribution in [1.29, 1.82) is 0 Å². The number of benzene rings is 7. The molecule has 0 aliphatic carbocycles. The fourth-order valence-corrected chi connectivity index (χ4v) is 7.06. The van der Waals surface area contributed by atoms with E-state index >= 15 is 0 Å². The second kappa shape index (κ2) is 12.8. The zero-order chi connectivity index (χ0) is 34.4. The summed E-state index contributed by atoms with van der Waals surface area (Å²) in [6, 6.07) is 57.9. The second-order valence-electron chi connectivity index (χ2n) is 13.6.